The van der Waals surface area contributed by atoms with Crippen LogP contribution in [0.5, 0.6) is 0 Å². The zero-order valence-corrected chi connectivity index (χ0v) is 11.0. The van der Waals surface area contributed by atoms with Crippen LogP contribution in [0.15, 0.2) is 12.4 Å². The fourth-order valence-corrected chi connectivity index (χ4v) is 1.86. The molecule has 0 saturated heterocycles. The molecule has 1 aromatic heterocycles. The molecule has 0 saturated carbocycles. The minimum Gasteiger partial charge on any atom is -0.372 e. The number of nitrogens with one attached hydrogen (secondary N) is 1. The van der Waals surface area contributed by atoms with E-state index in [0.717, 1.165) is 0 Å². The van der Waals surface area contributed by atoms with Gasteiger partial charge in [-0.05, 0) is 13.8 Å². The second kappa shape index (κ2) is 5.63. The lowest BCUT2D eigenvalue weighted by molar-refractivity contribution is 0.381. The first-order chi connectivity index (χ1) is 9.84. The number of anilines is 1. The second-order valence-corrected chi connectivity index (χ2v) is 4.34. The molecule has 0 fully saturated rings. The third kappa shape index (κ3) is 2.65. The van der Waals surface area contributed by atoms with Crippen molar-refractivity contribution in [3.8, 4) is 0 Å². The Morgan fingerprint density at radius 1 is 0.857 bits per heavy atom. The summed E-state index contributed by atoms with van der Waals surface area (Å²) in [5.74, 6) is -10.0. The van der Waals surface area contributed by atoms with Crippen molar-refractivity contribution in [1.82, 2.24) is 9.97 Å². The number of hydrogen-bond donors (Lipinski definition) is 1. The van der Waals surface area contributed by atoms with Gasteiger partial charge in [0.1, 0.15) is 5.69 Å². The Morgan fingerprint density at radius 2 is 1.33 bits per heavy atom. The Morgan fingerprint density at radius 3 is 1.86 bits per heavy atom. The lowest BCUT2D eigenvalue weighted by Gasteiger charge is -2.17. The Kier molecular flexibility index (Phi) is 4.06. The summed E-state index contributed by atoms with van der Waals surface area (Å²) in [6.45, 7) is 3.08. The van der Waals surface area contributed by atoms with E-state index in [0.29, 0.717) is 11.4 Å². The third-order valence-corrected chi connectivity index (χ3v) is 2.90. The highest BCUT2D eigenvalue weighted by atomic mass is 19.2. The maximum Gasteiger partial charge on any atom is 0.200 e. The molecule has 1 unspecified atom stereocenters. The van der Waals surface area contributed by atoms with Crippen molar-refractivity contribution in [3.63, 3.8) is 0 Å². The first-order valence-corrected chi connectivity index (χ1v) is 5.90. The predicted octanol–water partition coefficient (Wildman–Crippen LogP) is 3.65. The summed E-state index contributed by atoms with van der Waals surface area (Å²) in [6, 6.07) is -0.799. The molecule has 0 amide bonds. The normalized spacial score (nSPS) is 12.3. The van der Waals surface area contributed by atoms with Crippen molar-refractivity contribution in [3.05, 3.63) is 52.9 Å². The van der Waals surface area contributed by atoms with Crippen molar-refractivity contribution in [2.75, 3.05) is 5.32 Å². The van der Waals surface area contributed by atoms with Crippen molar-refractivity contribution < 1.29 is 22.0 Å². The molecule has 3 nitrogen and oxygen atoms in total. The molecule has 0 bridgehead atoms. The minimum absolute atomic E-state index is 0.335. The average molecular weight is 303 g/mol. The Balaban J connectivity index is 2.43. The summed E-state index contributed by atoms with van der Waals surface area (Å²) in [5.41, 5.74) is -0.285. The van der Waals surface area contributed by atoms with Crippen LogP contribution < -0.4 is 5.32 Å². The molecule has 0 aliphatic carbocycles. The van der Waals surface area contributed by atoms with Gasteiger partial charge >= 0.3 is 0 Å². The third-order valence-electron chi connectivity index (χ3n) is 2.90. The van der Waals surface area contributed by atoms with E-state index < -0.39 is 40.8 Å². The van der Waals surface area contributed by atoms with Gasteiger partial charge in [-0.3, -0.25) is 9.97 Å². The number of benzene rings is 1. The van der Waals surface area contributed by atoms with Crippen LogP contribution in [0.3, 0.4) is 0 Å². The Hall–Kier alpha value is -2.25. The van der Waals surface area contributed by atoms with Crippen LogP contribution in [0.2, 0.25) is 0 Å². The standard InChI is InChI=1S/C13H10F5N3/c1-5-12(20-4-3-19-5)6(2)21-13-10(17)8(15)7(14)9(16)11(13)18/h3-4,6,21H,1-2H3. The summed E-state index contributed by atoms with van der Waals surface area (Å²) in [7, 11) is 0. The summed E-state index contributed by atoms with van der Waals surface area (Å²) in [6.07, 6.45) is 2.78. The molecule has 1 atom stereocenters. The largest absolute Gasteiger partial charge is 0.372 e. The monoisotopic (exact) mass is 303 g/mol. The highest BCUT2D eigenvalue weighted by Gasteiger charge is 2.27. The number of rotatable bonds is 3. The number of halogens is 5. The molecule has 2 aromatic rings. The molecule has 8 heteroatoms. The first kappa shape index (κ1) is 15.1. The van der Waals surface area contributed by atoms with Gasteiger partial charge < -0.3 is 5.32 Å². The summed E-state index contributed by atoms with van der Waals surface area (Å²) in [4.78, 5) is 7.90. The molecule has 1 N–H and O–H groups in total. The van der Waals surface area contributed by atoms with Gasteiger partial charge in [-0.1, -0.05) is 0 Å². The summed E-state index contributed by atoms with van der Waals surface area (Å²) >= 11 is 0. The van der Waals surface area contributed by atoms with Gasteiger partial charge in [-0.15, -0.1) is 0 Å². The van der Waals surface area contributed by atoms with E-state index in [-0.39, 0.29) is 0 Å². The fourth-order valence-electron chi connectivity index (χ4n) is 1.86. The van der Waals surface area contributed by atoms with Crippen LogP contribution in [0, 0.1) is 36.0 Å². The van der Waals surface area contributed by atoms with Crippen LogP contribution in [-0.4, -0.2) is 9.97 Å². The molecule has 0 aliphatic rings. The van der Waals surface area contributed by atoms with Gasteiger partial charge in [0.2, 0.25) is 5.82 Å². The van der Waals surface area contributed by atoms with Crippen molar-refractivity contribution in [1.29, 1.82) is 0 Å². The molecule has 0 aliphatic heterocycles. The molecule has 1 aromatic carbocycles. The number of hydrogen-bond acceptors (Lipinski definition) is 3. The van der Waals surface area contributed by atoms with Crippen molar-refractivity contribution in [2.45, 2.75) is 19.9 Å². The van der Waals surface area contributed by atoms with Crippen molar-refractivity contribution >= 4 is 5.69 Å². The van der Waals surface area contributed by atoms with Gasteiger partial charge in [0.25, 0.3) is 0 Å². The van der Waals surface area contributed by atoms with Gasteiger partial charge in [0, 0.05) is 12.4 Å². The zero-order valence-electron chi connectivity index (χ0n) is 11.0. The number of aryl methyl sites for hydroxylation is 1. The number of nitrogens with zero attached hydrogens (tertiary/aromatic N) is 2. The molecule has 21 heavy (non-hydrogen) atoms. The molecular weight excluding hydrogens is 293 g/mol. The minimum atomic E-state index is -2.20. The van der Waals surface area contributed by atoms with E-state index in [1.54, 1.807) is 6.92 Å². The van der Waals surface area contributed by atoms with Crippen LogP contribution in [-0.2, 0) is 0 Å². The van der Waals surface area contributed by atoms with Crippen LogP contribution in [0.25, 0.3) is 0 Å². The van der Waals surface area contributed by atoms with Crippen LogP contribution in [0.4, 0.5) is 27.6 Å². The zero-order chi connectivity index (χ0) is 15.7. The van der Waals surface area contributed by atoms with Gasteiger partial charge in [-0.25, -0.2) is 22.0 Å². The van der Waals surface area contributed by atoms with Gasteiger partial charge in [0.15, 0.2) is 23.3 Å². The highest BCUT2D eigenvalue weighted by Crippen LogP contribution is 2.30. The van der Waals surface area contributed by atoms with E-state index in [4.69, 9.17) is 0 Å². The number of aromatic nitrogens is 2. The Bertz CT molecular complexity index is 661. The highest BCUT2D eigenvalue weighted by molar-refractivity contribution is 5.49. The maximum absolute atomic E-state index is 13.6. The molecular formula is C13H10F5N3. The molecule has 1 heterocycles. The van der Waals surface area contributed by atoms with E-state index in [9.17, 15) is 22.0 Å². The lowest BCUT2D eigenvalue weighted by atomic mass is 10.1. The summed E-state index contributed by atoms with van der Waals surface area (Å²) in [5, 5.41) is 2.25. The maximum atomic E-state index is 13.6. The topological polar surface area (TPSA) is 37.8 Å². The van der Waals surface area contributed by atoms with Crippen molar-refractivity contribution in [2.24, 2.45) is 0 Å². The van der Waals surface area contributed by atoms with Gasteiger partial charge in [-0.2, -0.15) is 0 Å². The van der Waals surface area contributed by atoms with E-state index in [1.165, 1.54) is 19.3 Å². The summed E-state index contributed by atoms with van der Waals surface area (Å²) < 4.78 is 66.3. The first-order valence-electron chi connectivity index (χ1n) is 5.90. The van der Waals surface area contributed by atoms with Crippen LogP contribution >= 0.6 is 0 Å². The smallest absolute Gasteiger partial charge is 0.200 e. The Labute approximate surface area is 116 Å². The average Bonchev–Trinajstić information content (AvgIpc) is 2.48. The second-order valence-electron chi connectivity index (χ2n) is 4.34. The molecule has 112 valence electrons. The molecule has 0 spiro atoms. The fraction of sp³-hybridized carbons (Fsp3) is 0.231. The molecule has 0 radical (unpaired) electrons. The van der Waals surface area contributed by atoms with E-state index in [2.05, 4.69) is 15.3 Å². The lowest BCUT2D eigenvalue weighted by Crippen LogP contribution is -2.15. The quantitative estimate of drug-likeness (QED) is 0.534. The van der Waals surface area contributed by atoms with E-state index >= 15 is 0 Å². The van der Waals surface area contributed by atoms with Gasteiger partial charge in [0.05, 0.1) is 17.4 Å². The SMILES string of the molecule is Cc1nccnc1C(C)Nc1c(F)c(F)c(F)c(F)c1F. The van der Waals surface area contributed by atoms with E-state index in [1.807, 2.05) is 0 Å². The van der Waals surface area contributed by atoms with Crippen LogP contribution in [0.1, 0.15) is 24.4 Å². The predicted molar refractivity (Wildman–Crippen MR) is 65.0 cm³/mol. The molecule has 2 rings (SSSR count).